The highest BCUT2D eigenvalue weighted by molar-refractivity contribution is 5.73. The lowest BCUT2D eigenvalue weighted by atomic mass is 10.1. The minimum atomic E-state index is -0.914. The van der Waals surface area contributed by atoms with Crippen molar-refractivity contribution in [2.24, 2.45) is 0 Å². The topological polar surface area (TPSA) is 67.8 Å². The van der Waals surface area contributed by atoms with Gasteiger partial charge in [0.25, 0.3) is 0 Å². The van der Waals surface area contributed by atoms with Gasteiger partial charge in [0.15, 0.2) is 6.29 Å². The van der Waals surface area contributed by atoms with Crippen LogP contribution in [0.4, 0.5) is 0 Å². The van der Waals surface area contributed by atoms with Crippen LogP contribution in [-0.2, 0) is 27.5 Å². The van der Waals surface area contributed by atoms with Crippen molar-refractivity contribution in [3.8, 4) is 0 Å². The maximum atomic E-state index is 11.4. The van der Waals surface area contributed by atoms with Gasteiger partial charge in [-0.05, 0) is 24.5 Å². The SMILES string of the molecule is C=C(C)NC(CCC(OCc1ccccc1)OCc1ccccc1)C(=O)O. The summed E-state index contributed by atoms with van der Waals surface area (Å²) in [5.41, 5.74) is 2.70. The standard InChI is InChI=1S/C22H27NO4/c1-17(2)23-20(22(24)25)13-14-21(26-15-18-9-5-3-6-10-18)27-16-19-11-7-4-8-12-19/h3-12,20-21,23H,1,13-16H2,2H3,(H,24,25). The predicted octanol–water partition coefficient (Wildman–Crippen LogP) is 4.10. The van der Waals surface area contributed by atoms with Gasteiger partial charge in [-0.3, -0.25) is 0 Å². The zero-order valence-electron chi connectivity index (χ0n) is 15.6. The molecule has 1 unspecified atom stereocenters. The van der Waals surface area contributed by atoms with E-state index in [0.717, 1.165) is 11.1 Å². The third-order valence-electron chi connectivity index (χ3n) is 3.97. The molecule has 0 bridgehead atoms. The number of allylic oxidation sites excluding steroid dienone is 1. The Labute approximate surface area is 160 Å². The van der Waals surface area contributed by atoms with Crippen LogP contribution < -0.4 is 5.32 Å². The second-order valence-corrected chi connectivity index (χ2v) is 6.42. The van der Waals surface area contributed by atoms with Gasteiger partial charge in [-0.15, -0.1) is 0 Å². The number of benzene rings is 2. The molecule has 0 fully saturated rings. The Morgan fingerprint density at radius 1 is 0.963 bits per heavy atom. The summed E-state index contributed by atoms with van der Waals surface area (Å²) in [4.78, 5) is 11.4. The lowest BCUT2D eigenvalue weighted by Crippen LogP contribution is -2.36. The van der Waals surface area contributed by atoms with Gasteiger partial charge in [0.05, 0.1) is 13.2 Å². The van der Waals surface area contributed by atoms with Crippen LogP contribution >= 0.6 is 0 Å². The number of hydrogen-bond donors (Lipinski definition) is 2. The second-order valence-electron chi connectivity index (χ2n) is 6.42. The van der Waals surface area contributed by atoms with Crippen molar-refractivity contribution in [2.75, 3.05) is 0 Å². The molecule has 2 rings (SSSR count). The molecule has 0 spiro atoms. The van der Waals surface area contributed by atoms with E-state index in [2.05, 4.69) is 11.9 Å². The fourth-order valence-corrected chi connectivity index (χ4v) is 2.60. The molecule has 0 radical (unpaired) electrons. The normalized spacial score (nSPS) is 11.9. The van der Waals surface area contributed by atoms with Gasteiger partial charge < -0.3 is 19.9 Å². The molecule has 0 amide bonds. The average Bonchev–Trinajstić information content (AvgIpc) is 2.67. The Hall–Kier alpha value is -2.63. The molecule has 1 atom stereocenters. The molecule has 0 aliphatic heterocycles. The number of carboxylic acid groups (broad SMARTS) is 1. The number of carbonyl (C=O) groups is 1. The molecular weight excluding hydrogens is 342 g/mol. The lowest BCUT2D eigenvalue weighted by Gasteiger charge is -2.22. The molecule has 0 saturated carbocycles. The maximum absolute atomic E-state index is 11.4. The van der Waals surface area contributed by atoms with Crippen molar-refractivity contribution in [3.63, 3.8) is 0 Å². The van der Waals surface area contributed by atoms with Gasteiger partial charge in [0.1, 0.15) is 6.04 Å². The van der Waals surface area contributed by atoms with Crippen LogP contribution in [0.25, 0.3) is 0 Å². The van der Waals surface area contributed by atoms with Crippen LogP contribution in [0, 0.1) is 0 Å². The van der Waals surface area contributed by atoms with E-state index in [-0.39, 0.29) is 0 Å². The van der Waals surface area contributed by atoms with Crippen molar-refractivity contribution < 1.29 is 19.4 Å². The fourth-order valence-electron chi connectivity index (χ4n) is 2.60. The molecule has 0 aliphatic rings. The Morgan fingerprint density at radius 3 is 1.85 bits per heavy atom. The van der Waals surface area contributed by atoms with Crippen molar-refractivity contribution in [1.82, 2.24) is 5.32 Å². The van der Waals surface area contributed by atoms with E-state index in [1.54, 1.807) is 6.92 Å². The van der Waals surface area contributed by atoms with Gasteiger partial charge in [0, 0.05) is 12.1 Å². The highest BCUT2D eigenvalue weighted by atomic mass is 16.7. The van der Waals surface area contributed by atoms with E-state index in [0.29, 0.717) is 31.8 Å². The third kappa shape index (κ3) is 8.07. The Kier molecular flexibility index (Phi) is 8.55. The number of ether oxygens (including phenoxy) is 2. The van der Waals surface area contributed by atoms with Crippen molar-refractivity contribution >= 4 is 5.97 Å². The molecule has 0 aliphatic carbocycles. The molecular formula is C22H27NO4. The van der Waals surface area contributed by atoms with Gasteiger partial charge in [-0.1, -0.05) is 67.2 Å². The highest BCUT2D eigenvalue weighted by Gasteiger charge is 2.20. The van der Waals surface area contributed by atoms with E-state index < -0.39 is 18.3 Å². The monoisotopic (exact) mass is 369 g/mol. The van der Waals surface area contributed by atoms with E-state index in [1.807, 2.05) is 60.7 Å². The number of hydrogen-bond acceptors (Lipinski definition) is 4. The van der Waals surface area contributed by atoms with Gasteiger partial charge in [-0.2, -0.15) is 0 Å². The predicted molar refractivity (Wildman–Crippen MR) is 105 cm³/mol. The second kappa shape index (κ2) is 11.2. The molecule has 5 heteroatoms. The molecule has 27 heavy (non-hydrogen) atoms. The number of rotatable bonds is 12. The van der Waals surface area contributed by atoms with E-state index in [4.69, 9.17) is 9.47 Å². The molecule has 2 N–H and O–H groups in total. The van der Waals surface area contributed by atoms with Crippen molar-refractivity contribution in [3.05, 3.63) is 84.1 Å². The number of carboxylic acids is 1. The Bertz CT molecular complexity index is 659. The van der Waals surface area contributed by atoms with Gasteiger partial charge in [0.2, 0.25) is 0 Å². The van der Waals surface area contributed by atoms with E-state index in [9.17, 15) is 9.90 Å². The number of aliphatic carboxylic acids is 1. The van der Waals surface area contributed by atoms with Crippen molar-refractivity contribution in [2.45, 2.75) is 45.3 Å². The molecule has 2 aromatic rings. The number of nitrogens with one attached hydrogen (secondary N) is 1. The summed E-state index contributed by atoms with van der Waals surface area (Å²) in [6.07, 6.45) is 0.326. The summed E-state index contributed by atoms with van der Waals surface area (Å²) in [7, 11) is 0. The van der Waals surface area contributed by atoms with Gasteiger partial charge >= 0.3 is 5.97 Å². The molecule has 2 aromatic carbocycles. The summed E-state index contributed by atoms with van der Waals surface area (Å²) in [5, 5.41) is 12.2. The Morgan fingerprint density at radius 2 is 1.44 bits per heavy atom. The van der Waals surface area contributed by atoms with Gasteiger partial charge in [-0.25, -0.2) is 4.79 Å². The first-order chi connectivity index (χ1) is 13.0. The Balaban J connectivity index is 1.94. The van der Waals surface area contributed by atoms with Crippen LogP contribution in [-0.4, -0.2) is 23.4 Å². The summed E-state index contributed by atoms with van der Waals surface area (Å²) < 4.78 is 11.8. The molecule has 0 heterocycles. The quantitative estimate of drug-likeness (QED) is 0.551. The van der Waals surface area contributed by atoms with Crippen LogP contribution in [0.5, 0.6) is 0 Å². The molecule has 0 aromatic heterocycles. The first-order valence-corrected chi connectivity index (χ1v) is 9.00. The minimum Gasteiger partial charge on any atom is -0.480 e. The van der Waals surface area contributed by atoms with Crippen molar-refractivity contribution in [1.29, 1.82) is 0 Å². The molecule has 144 valence electrons. The minimum absolute atomic E-state index is 0.371. The summed E-state index contributed by atoms with van der Waals surface area (Å²) >= 11 is 0. The third-order valence-corrected chi connectivity index (χ3v) is 3.97. The zero-order valence-corrected chi connectivity index (χ0v) is 15.6. The molecule has 0 saturated heterocycles. The largest absolute Gasteiger partial charge is 0.480 e. The summed E-state index contributed by atoms with van der Waals surface area (Å²) in [6, 6.07) is 18.9. The summed E-state index contributed by atoms with van der Waals surface area (Å²) in [5.74, 6) is -0.914. The van der Waals surface area contributed by atoms with Crippen LogP contribution in [0.3, 0.4) is 0 Å². The molecule has 5 nitrogen and oxygen atoms in total. The summed E-state index contributed by atoms with van der Waals surface area (Å²) in [6.45, 7) is 6.28. The van der Waals surface area contributed by atoms with Crippen LogP contribution in [0.15, 0.2) is 72.9 Å². The highest BCUT2D eigenvalue weighted by Crippen LogP contribution is 2.14. The average molecular weight is 369 g/mol. The lowest BCUT2D eigenvalue weighted by molar-refractivity contribution is -0.162. The first-order valence-electron chi connectivity index (χ1n) is 9.00. The van der Waals surface area contributed by atoms with E-state index in [1.165, 1.54) is 0 Å². The van der Waals surface area contributed by atoms with E-state index >= 15 is 0 Å². The van der Waals surface area contributed by atoms with Crippen LogP contribution in [0.2, 0.25) is 0 Å². The maximum Gasteiger partial charge on any atom is 0.326 e. The fraction of sp³-hybridized carbons (Fsp3) is 0.318. The smallest absolute Gasteiger partial charge is 0.326 e. The van der Waals surface area contributed by atoms with Crippen LogP contribution in [0.1, 0.15) is 30.9 Å². The zero-order chi connectivity index (χ0) is 19.5. The first kappa shape index (κ1) is 20.7.